The highest BCUT2D eigenvalue weighted by atomic mass is 32.1. The van der Waals surface area contributed by atoms with Gasteiger partial charge in [-0.3, -0.25) is 24.2 Å². The molecule has 1 fully saturated rings. The maximum atomic E-state index is 12.8. The van der Waals surface area contributed by atoms with E-state index in [1.54, 1.807) is 31.2 Å². The molecule has 0 radical (unpaired) electrons. The van der Waals surface area contributed by atoms with E-state index in [1.807, 2.05) is 12.1 Å². The molecule has 3 amide bonds. The fourth-order valence-corrected chi connectivity index (χ4v) is 4.96. The van der Waals surface area contributed by atoms with Gasteiger partial charge in [-0.25, -0.2) is 4.98 Å². The minimum atomic E-state index is -0.953. The van der Waals surface area contributed by atoms with Crippen LogP contribution >= 0.6 is 11.3 Å². The number of imide groups is 1. The topological polar surface area (TPSA) is 91.8 Å². The molecule has 8 nitrogen and oxygen atoms in total. The van der Waals surface area contributed by atoms with Crippen molar-refractivity contribution in [2.24, 2.45) is 0 Å². The lowest BCUT2D eigenvalue weighted by molar-refractivity contribution is -0.119. The standard InChI is InChI=1S/C23H22N4O4S/c1-14(27-21(29)16-4-2-3-5-17(16)22(27)30)20(28)25-23-24-18-7-6-15(12-19(18)32-23)13-26-8-10-31-11-9-26/h2-7,12,14H,8-11,13H2,1H3,(H,24,25,28). The van der Waals surface area contributed by atoms with Crippen LogP contribution in [0.25, 0.3) is 10.2 Å². The highest BCUT2D eigenvalue weighted by Gasteiger charge is 2.40. The Kier molecular flexibility index (Phi) is 5.46. The normalized spacial score (nSPS) is 17.6. The molecule has 5 rings (SSSR count). The van der Waals surface area contributed by atoms with Gasteiger partial charge in [0.05, 0.1) is 34.6 Å². The molecule has 3 heterocycles. The smallest absolute Gasteiger partial charge is 0.262 e. The monoisotopic (exact) mass is 450 g/mol. The Bertz CT molecular complexity index is 1180. The van der Waals surface area contributed by atoms with Crippen LogP contribution in [-0.4, -0.2) is 64.9 Å². The zero-order chi connectivity index (χ0) is 22.2. The molecule has 1 aromatic heterocycles. The molecule has 9 heteroatoms. The van der Waals surface area contributed by atoms with Crippen molar-refractivity contribution in [2.75, 3.05) is 31.6 Å². The van der Waals surface area contributed by atoms with E-state index in [0.29, 0.717) is 16.3 Å². The van der Waals surface area contributed by atoms with Crippen molar-refractivity contribution in [2.45, 2.75) is 19.5 Å². The summed E-state index contributed by atoms with van der Waals surface area (Å²) in [5.74, 6) is -1.36. The van der Waals surface area contributed by atoms with Gasteiger partial charge in [0, 0.05) is 19.6 Å². The predicted octanol–water partition coefficient (Wildman–Crippen LogP) is 2.75. The van der Waals surface area contributed by atoms with Crippen LogP contribution in [0.2, 0.25) is 0 Å². The van der Waals surface area contributed by atoms with Crippen LogP contribution < -0.4 is 5.32 Å². The highest BCUT2D eigenvalue weighted by molar-refractivity contribution is 7.22. The molecule has 2 aliphatic heterocycles. The number of amides is 3. The molecule has 1 unspecified atom stereocenters. The molecule has 164 valence electrons. The summed E-state index contributed by atoms with van der Waals surface area (Å²) in [4.78, 5) is 46.0. The number of fused-ring (bicyclic) bond motifs is 2. The Morgan fingerprint density at radius 1 is 1.12 bits per heavy atom. The van der Waals surface area contributed by atoms with E-state index in [4.69, 9.17) is 4.74 Å². The Morgan fingerprint density at radius 2 is 1.81 bits per heavy atom. The number of hydrogen-bond donors (Lipinski definition) is 1. The molecule has 0 bridgehead atoms. The van der Waals surface area contributed by atoms with Crippen LogP contribution in [0.1, 0.15) is 33.2 Å². The lowest BCUT2D eigenvalue weighted by Gasteiger charge is -2.26. The number of anilines is 1. The summed E-state index contributed by atoms with van der Waals surface area (Å²) in [6.45, 7) is 5.73. The third kappa shape index (κ3) is 3.79. The van der Waals surface area contributed by atoms with Gasteiger partial charge in [0.15, 0.2) is 5.13 Å². The van der Waals surface area contributed by atoms with Crippen LogP contribution in [-0.2, 0) is 16.1 Å². The highest BCUT2D eigenvalue weighted by Crippen LogP contribution is 2.29. The van der Waals surface area contributed by atoms with E-state index >= 15 is 0 Å². The quantitative estimate of drug-likeness (QED) is 0.601. The molecule has 3 aromatic rings. The van der Waals surface area contributed by atoms with E-state index in [2.05, 4.69) is 21.3 Å². The number of nitrogens with zero attached hydrogens (tertiary/aromatic N) is 3. The van der Waals surface area contributed by atoms with Gasteiger partial charge in [-0.15, -0.1) is 0 Å². The Labute approximate surface area is 188 Å². The summed E-state index contributed by atoms with van der Waals surface area (Å²) in [6.07, 6.45) is 0. The summed E-state index contributed by atoms with van der Waals surface area (Å²) < 4.78 is 6.37. The maximum absolute atomic E-state index is 12.8. The number of carbonyl (C=O) groups excluding carboxylic acids is 3. The first-order valence-corrected chi connectivity index (χ1v) is 11.3. The zero-order valence-electron chi connectivity index (χ0n) is 17.5. The average Bonchev–Trinajstić information content (AvgIpc) is 3.31. The second-order valence-electron chi connectivity index (χ2n) is 7.90. The van der Waals surface area contributed by atoms with Crippen molar-refractivity contribution in [1.82, 2.24) is 14.8 Å². The molecule has 0 aliphatic carbocycles. The van der Waals surface area contributed by atoms with E-state index in [0.717, 1.165) is 48.0 Å². The minimum absolute atomic E-state index is 0.324. The number of morpholine rings is 1. The van der Waals surface area contributed by atoms with Crippen LogP contribution in [0.4, 0.5) is 5.13 Å². The van der Waals surface area contributed by atoms with Gasteiger partial charge in [0.25, 0.3) is 11.8 Å². The molecule has 1 saturated heterocycles. The fraction of sp³-hybridized carbons (Fsp3) is 0.304. The number of aromatic nitrogens is 1. The van der Waals surface area contributed by atoms with Crippen molar-refractivity contribution in [3.63, 3.8) is 0 Å². The third-order valence-electron chi connectivity index (χ3n) is 5.79. The summed E-state index contributed by atoms with van der Waals surface area (Å²) in [5, 5.41) is 3.21. The van der Waals surface area contributed by atoms with Crippen LogP contribution in [0, 0.1) is 0 Å². The number of carbonyl (C=O) groups is 3. The number of hydrogen-bond acceptors (Lipinski definition) is 7. The average molecular weight is 451 g/mol. The molecule has 1 N–H and O–H groups in total. The molecular formula is C23H22N4O4S. The van der Waals surface area contributed by atoms with Crippen molar-refractivity contribution in [3.05, 3.63) is 59.2 Å². The number of ether oxygens (including phenoxy) is 1. The summed E-state index contributed by atoms with van der Waals surface area (Å²) in [6, 6.07) is 11.7. The molecular weight excluding hydrogens is 428 g/mol. The Balaban J connectivity index is 1.29. The molecule has 2 aromatic carbocycles. The zero-order valence-corrected chi connectivity index (χ0v) is 18.4. The van der Waals surface area contributed by atoms with Crippen molar-refractivity contribution < 1.29 is 19.1 Å². The number of rotatable bonds is 5. The molecule has 0 saturated carbocycles. The van der Waals surface area contributed by atoms with Gasteiger partial charge in [-0.05, 0) is 36.8 Å². The van der Waals surface area contributed by atoms with Gasteiger partial charge in [-0.1, -0.05) is 29.5 Å². The molecule has 1 atom stereocenters. The first-order valence-electron chi connectivity index (χ1n) is 10.5. The van der Waals surface area contributed by atoms with Crippen molar-refractivity contribution in [1.29, 1.82) is 0 Å². The van der Waals surface area contributed by atoms with Crippen LogP contribution in [0.5, 0.6) is 0 Å². The molecule has 2 aliphatic rings. The van der Waals surface area contributed by atoms with E-state index in [1.165, 1.54) is 16.9 Å². The predicted molar refractivity (Wildman–Crippen MR) is 121 cm³/mol. The van der Waals surface area contributed by atoms with Crippen LogP contribution in [0.15, 0.2) is 42.5 Å². The van der Waals surface area contributed by atoms with Crippen LogP contribution in [0.3, 0.4) is 0 Å². The van der Waals surface area contributed by atoms with E-state index < -0.39 is 23.8 Å². The lowest BCUT2D eigenvalue weighted by atomic mass is 10.1. The Morgan fingerprint density at radius 3 is 2.50 bits per heavy atom. The van der Waals surface area contributed by atoms with Gasteiger partial charge >= 0.3 is 0 Å². The third-order valence-corrected chi connectivity index (χ3v) is 6.72. The van der Waals surface area contributed by atoms with Crippen molar-refractivity contribution >= 4 is 44.4 Å². The largest absolute Gasteiger partial charge is 0.379 e. The first-order chi connectivity index (χ1) is 15.5. The molecule has 32 heavy (non-hydrogen) atoms. The summed E-state index contributed by atoms with van der Waals surface area (Å²) >= 11 is 1.38. The SMILES string of the molecule is CC(C(=O)Nc1nc2ccc(CN3CCOCC3)cc2s1)N1C(=O)c2ccccc2C1=O. The minimum Gasteiger partial charge on any atom is -0.379 e. The second-order valence-corrected chi connectivity index (χ2v) is 8.93. The molecule has 0 spiro atoms. The fourth-order valence-electron chi connectivity index (χ4n) is 4.03. The van der Waals surface area contributed by atoms with E-state index in [9.17, 15) is 14.4 Å². The maximum Gasteiger partial charge on any atom is 0.262 e. The number of nitrogens with one attached hydrogen (secondary N) is 1. The number of thiazole rings is 1. The number of benzene rings is 2. The lowest BCUT2D eigenvalue weighted by Crippen LogP contribution is -2.45. The Hall–Kier alpha value is -3.14. The summed E-state index contributed by atoms with van der Waals surface area (Å²) in [7, 11) is 0. The van der Waals surface area contributed by atoms with Gasteiger partial charge in [0.2, 0.25) is 5.91 Å². The second kappa shape index (κ2) is 8.42. The van der Waals surface area contributed by atoms with Crippen molar-refractivity contribution in [3.8, 4) is 0 Å². The first kappa shape index (κ1) is 20.7. The van der Waals surface area contributed by atoms with E-state index in [-0.39, 0.29) is 0 Å². The van der Waals surface area contributed by atoms with Gasteiger partial charge < -0.3 is 10.1 Å². The van der Waals surface area contributed by atoms with Gasteiger partial charge in [0.1, 0.15) is 6.04 Å². The van der Waals surface area contributed by atoms with Gasteiger partial charge in [-0.2, -0.15) is 0 Å². The summed E-state index contributed by atoms with van der Waals surface area (Å²) in [5.41, 5.74) is 2.62.